The average Bonchev–Trinajstić information content (AvgIpc) is 3.10. The summed E-state index contributed by atoms with van der Waals surface area (Å²) < 4.78 is 0. The highest BCUT2D eigenvalue weighted by Gasteiger charge is 2.15. The normalized spacial score (nSPS) is 10.6. The van der Waals surface area contributed by atoms with Gasteiger partial charge in [-0.25, -0.2) is 4.98 Å². The second-order valence-corrected chi connectivity index (χ2v) is 5.20. The third-order valence-electron chi connectivity index (χ3n) is 3.69. The zero-order valence-corrected chi connectivity index (χ0v) is 12.4. The number of H-pyrrole nitrogens is 1. The molecule has 0 unspecified atom stereocenters. The number of nitrogen functional groups attached to an aromatic ring is 1. The fourth-order valence-electron chi connectivity index (χ4n) is 2.61. The van der Waals surface area contributed by atoms with E-state index < -0.39 is 0 Å². The molecule has 3 N–H and O–H groups in total. The monoisotopic (exact) mass is 313 g/mol. The Kier molecular flexibility index (Phi) is 3.14. The molecule has 0 bridgehead atoms. The molecule has 7 heteroatoms. The minimum atomic E-state index is 0.0995. The first-order chi connectivity index (χ1) is 11.8. The Morgan fingerprint density at radius 3 is 2.62 bits per heavy atom. The van der Waals surface area contributed by atoms with Crippen LogP contribution in [0.15, 0.2) is 48.7 Å². The van der Waals surface area contributed by atoms with E-state index in [0.29, 0.717) is 22.5 Å². The molecule has 7 nitrogen and oxygen atoms in total. The molecule has 0 aliphatic carbocycles. The van der Waals surface area contributed by atoms with Crippen molar-refractivity contribution in [3.05, 3.63) is 54.2 Å². The summed E-state index contributed by atoms with van der Waals surface area (Å²) in [6.45, 7) is 0. The molecule has 2 aromatic heterocycles. The summed E-state index contributed by atoms with van der Waals surface area (Å²) >= 11 is 0. The van der Waals surface area contributed by atoms with Crippen LogP contribution in [0.4, 0.5) is 5.95 Å². The number of nitrogens with one attached hydrogen (secondary N) is 1. The van der Waals surface area contributed by atoms with E-state index in [1.54, 1.807) is 12.3 Å². The predicted octanol–water partition coefficient (Wildman–Crippen LogP) is 2.54. The maximum absolute atomic E-state index is 9.39. The molecule has 0 fully saturated rings. The Labute approximate surface area is 136 Å². The molecule has 4 aromatic rings. The number of nitrogens with two attached hydrogens (primary N) is 1. The van der Waals surface area contributed by atoms with Crippen LogP contribution in [0, 0.1) is 11.3 Å². The van der Waals surface area contributed by atoms with Gasteiger partial charge >= 0.3 is 0 Å². The van der Waals surface area contributed by atoms with Gasteiger partial charge in [-0.15, -0.1) is 10.2 Å². The van der Waals surface area contributed by atoms with Crippen LogP contribution in [-0.4, -0.2) is 25.4 Å². The van der Waals surface area contributed by atoms with Gasteiger partial charge in [-0.05, 0) is 12.1 Å². The number of nitrogens with zero attached hydrogens (tertiary/aromatic N) is 5. The van der Waals surface area contributed by atoms with Crippen LogP contribution >= 0.6 is 0 Å². The van der Waals surface area contributed by atoms with Crippen molar-refractivity contribution in [2.75, 3.05) is 5.73 Å². The maximum atomic E-state index is 9.39. The molecule has 2 heterocycles. The summed E-state index contributed by atoms with van der Waals surface area (Å²) in [6.07, 6.45) is 1.67. The molecule has 0 radical (unpaired) electrons. The molecular formula is C17H11N7. The molecule has 24 heavy (non-hydrogen) atoms. The fourth-order valence-corrected chi connectivity index (χ4v) is 2.61. The van der Waals surface area contributed by atoms with E-state index in [1.165, 1.54) is 0 Å². The van der Waals surface area contributed by atoms with Gasteiger partial charge in [0, 0.05) is 16.5 Å². The first-order valence-corrected chi connectivity index (χ1v) is 7.19. The molecule has 0 saturated heterocycles. The van der Waals surface area contributed by atoms with Crippen LogP contribution in [0.3, 0.4) is 0 Å². The summed E-state index contributed by atoms with van der Waals surface area (Å²) in [7, 11) is 0. The summed E-state index contributed by atoms with van der Waals surface area (Å²) in [4.78, 5) is 4.34. The number of anilines is 1. The van der Waals surface area contributed by atoms with Gasteiger partial charge in [-0.3, -0.25) is 5.10 Å². The van der Waals surface area contributed by atoms with Gasteiger partial charge in [-0.2, -0.15) is 10.4 Å². The highest BCUT2D eigenvalue weighted by atomic mass is 15.2. The number of hydrogen-bond donors (Lipinski definition) is 2. The van der Waals surface area contributed by atoms with Crippen LogP contribution in [0.5, 0.6) is 0 Å². The van der Waals surface area contributed by atoms with E-state index in [9.17, 15) is 5.26 Å². The SMILES string of the molecule is N#Cc1cc(-c2nnc(N)nc2-c2ccccc2)cc2cn[nH]c12. The Hall–Kier alpha value is -3.79. The lowest BCUT2D eigenvalue weighted by molar-refractivity contribution is 0.997. The Morgan fingerprint density at radius 1 is 1.00 bits per heavy atom. The van der Waals surface area contributed by atoms with Gasteiger partial charge in [-0.1, -0.05) is 30.3 Å². The second-order valence-electron chi connectivity index (χ2n) is 5.20. The molecule has 0 saturated carbocycles. The minimum absolute atomic E-state index is 0.0995. The summed E-state index contributed by atoms with van der Waals surface area (Å²) in [6, 6.07) is 15.4. The molecule has 0 aliphatic heterocycles. The Balaban J connectivity index is 1.99. The minimum Gasteiger partial charge on any atom is -0.366 e. The van der Waals surface area contributed by atoms with Crippen molar-refractivity contribution in [1.82, 2.24) is 25.4 Å². The van der Waals surface area contributed by atoms with Crippen molar-refractivity contribution in [1.29, 1.82) is 5.26 Å². The first-order valence-electron chi connectivity index (χ1n) is 7.19. The largest absolute Gasteiger partial charge is 0.366 e. The van der Waals surface area contributed by atoms with Gasteiger partial charge < -0.3 is 5.73 Å². The average molecular weight is 313 g/mol. The van der Waals surface area contributed by atoms with E-state index in [-0.39, 0.29) is 5.95 Å². The van der Waals surface area contributed by atoms with Gasteiger partial charge in [0.25, 0.3) is 0 Å². The van der Waals surface area contributed by atoms with Gasteiger partial charge in [0.05, 0.1) is 17.3 Å². The molecule has 0 spiro atoms. The zero-order valence-electron chi connectivity index (χ0n) is 12.4. The molecule has 0 amide bonds. The number of aromatic amines is 1. The number of benzene rings is 2. The zero-order chi connectivity index (χ0) is 16.5. The molecule has 0 aliphatic rings. The van der Waals surface area contributed by atoms with Crippen molar-refractivity contribution in [2.45, 2.75) is 0 Å². The van der Waals surface area contributed by atoms with Crippen molar-refractivity contribution >= 4 is 16.9 Å². The van der Waals surface area contributed by atoms with E-state index in [4.69, 9.17) is 5.73 Å². The van der Waals surface area contributed by atoms with Crippen molar-refractivity contribution in [3.8, 4) is 28.6 Å². The Bertz CT molecular complexity index is 1080. The van der Waals surface area contributed by atoms with Crippen molar-refractivity contribution < 1.29 is 0 Å². The fraction of sp³-hybridized carbons (Fsp3) is 0. The number of aromatic nitrogens is 5. The third-order valence-corrected chi connectivity index (χ3v) is 3.69. The van der Waals surface area contributed by atoms with Crippen LogP contribution in [0.2, 0.25) is 0 Å². The van der Waals surface area contributed by atoms with E-state index >= 15 is 0 Å². The predicted molar refractivity (Wildman–Crippen MR) is 89.5 cm³/mol. The van der Waals surface area contributed by atoms with E-state index in [2.05, 4.69) is 31.4 Å². The lowest BCUT2D eigenvalue weighted by Crippen LogP contribution is -2.02. The third kappa shape index (κ3) is 2.23. The van der Waals surface area contributed by atoms with Crippen molar-refractivity contribution in [3.63, 3.8) is 0 Å². The van der Waals surface area contributed by atoms with Gasteiger partial charge in [0.2, 0.25) is 5.95 Å². The lowest BCUT2D eigenvalue weighted by atomic mass is 10.0. The smallest absolute Gasteiger partial charge is 0.240 e. The van der Waals surface area contributed by atoms with Crippen molar-refractivity contribution in [2.24, 2.45) is 0 Å². The molecule has 2 aromatic carbocycles. The van der Waals surface area contributed by atoms with Crippen LogP contribution in [-0.2, 0) is 0 Å². The first kappa shape index (κ1) is 13.8. The second kappa shape index (κ2) is 5.44. The standard InChI is InChI=1S/C17H11N7/c18-8-12-6-11(7-13-9-20-22-14(12)13)16-15(21-17(19)24-23-16)10-4-2-1-3-5-10/h1-7,9H,(H,20,22)(H2,19,21,24). The quantitative estimate of drug-likeness (QED) is 0.587. The lowest BCUT2D eigenvalue weighted by Gasteiger charge is -2.08. The summed E-state index contributed by atoms with van der Waals surface area (Å²) in [5.74, 6) is 0.0995. The number of rotatable bonds is 2. The molecular weight excluding hydrogens is 302 g/mol. The topological polar surface area (TPSA) is 117 Å². The molecule has 114 valence electrons. The van der Waals surface area contributed by atoms with Gasteiger partial charge in [0.15, 0.2) is 0 Å². The molecule has 4 rings (SSSR count). The van der Waals surface area contributed by atoms with Gasteiger partial charge in [0.1, 0.15) is 17.5 Å². The van der Waals surface area contributed by atoms with Crippen LogP contribution in [0.1, 0.15) is 5.56 Å². The highest BCUT2D eigenvalue weighted by molar-refractivity contribution is 5.90. The van der Waals surface area contributed by atoms with E-state index in [1.807, 2.05) is 36.4 Å². The number of hydrogen-bond acceptors (Lipinski definition) is 6. The summed E-state index contributed by atoms with van der Waals surface area (Å²) in [5.41, 5.74) is 9.69. The van der Waals surface area contributed by atoms with E-state index in [0.717, 1.165) is 16.5 Å². The highest BCUT2D eigenvalue weighted by Crippen LogP contribution is 2.31. The Morgan fingerprint density at radius 2 is 1.83 bits per heavy atom. The maximum Gasteiger partial charge on any atom is 0.240 e. The van der Waals surface area contributed by atoms with Crippen LogP contribution < -0.4 is 5.73 Å². The molecule has 0 atom stereocenters. The number of nitriles is 1. The summed E-state index contributed by atoms with van der Waals surface area (Å²) in [5, 5.41) is 25.1. The van der Waals surface area contributed by atoms with Crippen LogP contribution in [0.25, 0.3) is 33.4 Å². The number of fused-ring (bicyclic) bond motifs is 1.